The van der Waals surface area contributed by atoms with Crippen molar-refractivity contribution in [1.82, 2.24) is 4.90 Å². The Kier molecular flexibility index (Phi) is 15.4. The van der Waals surface area contributed by atoms with Gasteiger partial charge < -0.3 is 9.64 Å². The Morgan fingerprint density at radius 3 is 1.86 bits per heavy atom. The van der Waals surface area contributed by atoms with E-state index in [-0.39, 0.29) is 5.97 Å². The van der Waals surface area contributed by atoms with Crippen LogP contribution in [-0.2, 0) is 9.53 Å². The molecule has 0 N–H and O–H groups in total. The molecule has 0 aliphatic rings. The number of esters is 1. The van der Waals surface area contributed by atoms with Gasteiger partial charge in [-0.1, -0.05) is 64.7 Å². The Morgan fingerprint density at radius 2 is 1.33 bits per heavy atom. The maximum atomic E-state index is 11.2. The number of hydrogen-bond donors (Lipinski definition) is 0. The number of ether oxygens (including phenoxy) is 1. The average molecular weight is 299 g/mol. The molecule has 0 aromatic carbocycles. The van der Waals surface area contributed by atoms with Crippen LogP contribution in [0.15, 0.2) is 0 Å². The molecular weight excluding hydrogens is 262 g/mol. The zero-order valence-corrected chi connectivity index (χ0v) is 14.7. The molecule has 0 aliphatic heterocycles. The van der Waals surface area contributed by atoms with Gasteiger partial charge in [0.25, 0.3) is 0 Å². The van der Waals surface area contributed by atoms with Crippen LogP contribution in [0.4, 0.5) is 0 Å². The van der Waals surface area contributed by atoms with Crippen molar-refractivity contribution in [3.8, 4) is 0 Å². The van der Waals surface area contributed by atoms with Crippen LogP contribution in [-0.4, -0.2) is 37.6 Å². The van der Waals surface area contributed by atoms with E-state index in [1.54, 1.807) is 0 Å². The van der Waals surface area contributed by atoms with Crippen LogP contribution < -0.4 is 0 Å². The Morgan fingerprint density at radius 1 is 0.810 bits per heavy atom. The van der Waals surface area contributed by atoms with Gasteiger partial charge in [-0.25, -0.2) is 0 Å². The molecular formula is C18H37NO2. The Bertz CT molecular complexity index is 231. The summed E-state index contributed by atoms with van der Waals surface area (Å²) in [5.41, 5.74) is 0. The topological polar surface area (TPSA) is 29.5 Å². The summed E-state index contributed by atoms with van der Waals surface area (Å²) >= 11 is 0. The lowest BCUT2D eigenvalue weighted by molar-refractivity contribution is -0.143. The minimum Gasteiger partial charge on any atom is -0.466 e. The number of nitrogens with zero attached hydrogens (tertiary/aromatic N) is 1. The fraction of sp³-hybridized carbons (Fsp3) is 0.944. The van der Waals surface area contributed by atoms with E-state index in [9.17, 15) is 4.79 Å². The van der Waals surface area contributed by atoms with Gasteiger partial charge in [0.1, 0.15) is 0 Å². The van der Waals surface area contributed by atoms with Crippen molar-refractivity contribution < 1.29 is 9.53 Å². The van der Waals surface area contributed by atoms with Gasteiger partial charge in [-0.05, 0) is 26.9 Å². The number of hydrogen-bond acceptors (Lipinski definition) is 3. The van der Waals surface area contributed by atoms with Crippen molar-refractivity contribution >= 4 is 5.97 Å². The van der Waals surface area contributed by atoms with E-state index >= 15 is 0 Å². The molecule has 0 amide bonds. The average Bonchev–Trinajstić information content (AvgIpc) is 2.47. The molecule has 3 heteroatoms. The molecule has 0 rings (SSSR count). The third-order valence-corrected chi connectivity index (χ3v) is 3.90. The maximum absolute atomic E-state index is 11.2. The highest BCUT2D eigenvalue weighted by Gasteiger charge is 2.04. The van der Waals surface area contributed by atoms with Crippen molar-refractivity contribution in [2.24, 2.45) is 0 Å². The number of carbonyl (C=O) groups excluding carboxylic acids is 1. The lowest BCUT2D eigenvalue weighted by atomic mass is 10.1. The van der Waals surface area contributed by atoms with Gasteiger partial charge in [0, 0.05) is 6.54 Å². The van der Waals surface area contributed by atoms with E-state index in [1.807, 2.05) is 6.92 Å². The molecule has 3 nitrogen and oxygen atoms in total. The molecule has 0 heterocycles. The van der Waals surface area contributed by atoms with E-state index in [1.165, 1.54) is 64.2 Å². The molecule has 0 saturated heterocycles. The molecule has 0 atom stereocenters. The van der Waals surface area contributed by atoms with Gasteiger partial charge in [0.05, 0.1) is 13.0 Å². The fourth-order valence-corrected chi connectivity index (χ4v) is 2.50. The quantitative estimate of drug-likeness (QED) is 0.321. The van der Waals surface area contributed by atoms with Crippen LogP contribution in [0.5, 0.6) is 0 Å². The number of unbranched alkanes of at least 4 members (excludes halogenated alkanes) is 9. The summed E-state index contributed by atoms with van der Waals surface area (Å²) in [7, 11) is 2.09. The first-order valence-corrected chi connectivity index (χ1v) is 9.04. The first-order valence-electron chi connectivity index (χ1n) is 9.04. The van der Waals surface area contributed by atoms with Gasteiger partial charge in [0.2, 0.25) is 0 Å². The molecule has 0 spiro atoms. The predicted octanol–water partition coefficient (Wildman–Crippen LogP) is 4.79. The van der Waals surface area contributed by atoms with Gasteiger partial charge >= 0.3 is 5.97 Å². The molecule has 0 aromatic rings. The molecule has 0 bridgehead atoms. The monoisotopic (exact) mass is 299 g/mol. The molecule has 0 fully saturated rings. The van der Waals surface area contributed by atoms with E-state index < -0.39 is 0 Å². The van der Waals surface area contributed by atoms with Crippen LogP contribution in [0.1, 0.15) is 84.5 Å². The molecule has 0 radical (unpaired) electrons. The van der Waals surface area contributed by atoms with Gasteiger partial charge in [0.15, 0.2) is 0 Å². The minimum absolute atomic E-state index is 0.0765. The van der Waals surface area contributed by atoms with E-state index in [0.29, 0.717) is 13.0 Å². The summed E-state index contributed by atoms with van der Waals surface area (Å²) in [6.45, 7) is 6.52. The lowest BCUT2D eigenvalue weighted by Crippen LogP contribution is -2.23. The fourth-order valence-electron chi connectivity index (χ4n) is 2.50. The molecule has 21 heavy (non-hydrogen) atoms. The van der Waals surface area contributed by atoms with Gasteiger partial charge in [-0.15, -0.1) is 0 Å². The molecule has 126 valence electrons. The third-order valence-electron chi connectivity index (χ3n) is 3.90. The molecule has 0 unspecified atom stereocenters. The zero-order chi connectivity index (χ0) is 15.8. The van der Waals surface area contributed by atoms with Crippen molar-refractivity contribution in [2.45, 2.75) is 84.5 Å². The standard InChI is InChI=1S/C18H37NO2/c1-4-6-7-8-9-10-11-12-13-14-16-19(3)17-15-18(20)21-5-2/h4-17H2,1-3H3. The second-order valence-corrected chi connectivity index (χ2v) is 6.04. The summed E-state index contributed by atoms with van der Waals surface area (Å²) in [4.78, 5) is 13.5. The highest BCUT2D eigenvalue weighted by molar-refractivity contribution is 5.69. The summed E-state index contributed by atoms with van der Waals surface area (Å²) < 4.78 is 4.93. The normalized spacial score (nSPS) is 11.0. The van der Waals surface area contributed by atoms with E-state index in [4.69, 9.17) is 4.74 Å². The Balaban J connectivity index is 3.21. The number of carbonyl (C=O) groups is 1. The van der Waals surface area contributed by atoms with Crippen molar-refractivity contribution in [3.05, 3.63) is 0 Å². The summed E-state index contributed by atoms with van der Waals surface area (Å²) in [6, 6.07) is 0. The van der Waals surface area contributed by atoms with Gasteiger partial charge in [-0.2, -0.15) is 0 Å². The van der Waals surface area contributed by atoms with Crippen LogP contribution in [0.3, 0.4) is 0 Å². The second kappa shape index (κ2) is 15.8. The van der Waals surface area contributed by atoms with Crippen LogP contribution >= 0.6 is 0 Å². The van der Waals surface area contributed by atoms with Crippen LogP contribution in [0.2, 0.25) is 0 Å². The summed E-state index contributed by atoms with van der Waals surface area (Å²) in [5.74, 6) is -0.0765. The van der Waals surface area contributed by atoms with E-state index in [2.05, 4.69) is 18.9 Å². The summed E-state index contributed by atoms with van der Waals surface area (Å²) in [6.07, 6.45) is 14.2. The van der Waals surface area contributed by atoms with Gasteiger partial charge in [-0.3, -0.25) is 4.79 Å². The predicted molar refractivity (Wildman–Crippen MR) is 90.6 cm³/mol. The highest BCUT2D eigenvalue weighted by atomic mass is 16.5. The maximum Gasteiger partial charge on any atom is 0.307 e. The Labute approximate surface area is 132 Å². The molecule has 0 aliphatic carbocycles. The lowest BCUT2D eigenvalue weighted by Gasteiger charge is -2.15. The summed E-state index contributed by atoms with van der Waals surface area (Å²) in [5, 5.41) is 0. The number of rotatable bonds is 15. The van der Waals surface area contributed by atoms with Crippen molar-refractivity contribution in [2.75, 3.05) is 26.7 Å². The molecule has 0 saturated carbocycles. The minimum atomic E-state index is -0.0765. The van der Waals surface area contributed by atoms with Crippen molar-refractivity contribution in [3.63, 3.8) is 0 Å². The molecule has 0 aromatic heterocycles. The first kappa shape index (κ1) is 20.4. The smallest absolute Gasteiger partial charge is 0.307 e. The van der Waals surface area contributed by atoms with Crippen LogP contribution in [0.25, 0.3) is 0 Å². The zero-order valence-electron chi connectivity index (χ0n) is 14.7. The largest absolute Gasteiger partial charge is 0.466 e. The highest BCUT2D eigenvalue weighted by Crippen LogP contribution is 2.10. The van der Waals surface area contributed by atoms with Crippen LogP contribution in [0, 0.1) is 0 Å². The third kappa shape index (κ3) is 15.6. The second-order valence-electron chi connectivity index (χ2n) is 6.04. The van der Waals surface area contributed by atoms with E-state index in [0.717, 1.165) is 13.1 Å². The van der Waals surface area contributed by atoms with Crippen molar-refractivity contribution in [1.29, 1.82) is 0 Å². The first-order chi connectivity index (χ1) is 10.2. The Hall–Kier alpha value is -0.570. The SMILES string of the molecule is CCCCCCCCCCCCN(C)CCC(=O)OCC.